The first-order valence-corrected chi connectivity index (χ1v) is 8.27. The summed E-state index contributed by atoms with van der Waals surface area (Å²) in [5.41, 5.74) is 3.57. The summed E-state index contributed by atoms with van der Waals surface area (Å²) < 4.78 is 7.12. The minimum Gasteiger partial charge on any atom is -0.478 e. The fraction of sp³-hybridized carbons (Fsp3) is 0.444. The van der Waals surface area contributed by atoms with Gasteiger partial charge in [-0.3, -0.25) is 0 Å². The molecule has 0 fully saturated rings. The van der Waals surface area contributed by atoms with Crippen LogP contribution in [-0.2, 0) is 24.2 Å². The Kier molecular flexibility index (Phi) is 4.46. The van der Waals surface area contributed by atoms with E-state index in [2.05, 4.69) is 11.5 Å². The second-order valence-electron chi connectivity index (χ2n) is 6.11. The van der Waals surface area contributed by atoms with Crippen LogP contribution in [0, 0.1) is 0 Å². The van der Waals surface area contributed by atoms with E-state index in [9.17, 15) is 14.7 Å². The highest BCUT2D eigenvalue weighted by molar-refractivity contribution is 5.95. The summed E-state index contributed by atoms with van der Waals surface area (Å²) in [5, 5.41) is 10.2. The molecule has 0 radical (unpaired) electrons. The summed E-state index contributed by atoms with van der Waals surface area (Å²) in [6.45, 7) is 4.14. The van der Waals surface area contributed by atoms with E-state index in [0.29, 0.717) is 13.1 Å². The van der Waals surface area contributed by atoms with E-state index < -0.39 is 5.97 Å². The molecule has 24 heavy (non-hydrogen) atoms. The van der Waals surface area contributed by atoms with E-state index in [4.69, 9.17) is 4.74 Å². The van der Waals surface area contributed by atoms with Gasteiger partial charge in [0.05, 0.1) is 19.2 Å². The standard InChI is InChI=1S/C18H22N2O4/c1-3-4-8-20-15-6-5-12(17(21)22)10-13(15)14-11-19(18(23)24-2)9-7-16(14)20/h5-6,10H,3-4,7-9,11H2,1-2H3,(H,21,22). The van der Waals surface area contributed by atoms with Gasteiger partial charge in [-0.1, -0.05) is 13.3 Å². The van der Waals surface area contributed by atoms with E-state index >= 15 is 0 Å². The normalized spacial score (nSPS) is 13.8. The van der Waals surface area contributed by atoms with Crippen LogP contribution in [0.3, 0.4) is 0 Å². The molecule has 0 bridgehead atoms. The predicted octanol–water partition coefficient (Wildman–Crippen LogP) is 3.26. The van der Waals surface area contributed by atoms with Gasteiger partial charge in [-0.25, -0.2) is 9.59 Å². The third-order valence-corrected chi connectivity index (χ3v) is 4.67. The van der Waals surface area contributed by atoms with Crippen molar-refractivity contribution in [1.29, 1.82) is 0 Å². The molecule has 0 aliphatic carbocycles. The van der Waals surface area contributed by atoms with Crippen molar-refractivity contribution in [1.82, 2.24) is 9.47 Å². The van der Waals surface area contributed by atoms with Crippen LogP contribution in [0.1, 0.15) is 41.4 Å². The summed E-state index contributed by atoms with van der Waals surface area (Å²) in [4.78, 5) is 24.9. The van der Waals surface area contributed by atoms with Crippen molar-refractivity contribution in [3.8, 4) is 0 Å². The number of aryl methyl sites for hydroxylation is 1. The first kappa shape index (κ1) is 16.4. The van der Waals surface area contributed by atoms with Gasteiger partial charge < -0.3 is 19.3 Å². The second-order valence-corrected chi connectivity index (χ2v) is 6.11. The number of rotatable bonds is 4. The number of hydrogen-bond donors (Lipinski definition) is 1. The van der Waals surface area contributed by atoms with Gasteiger partial charge in [-0.05, 0) is 24.6 Å². The van der Waals surface area contributed by atoms with Crippen LogP contribution < -0.4 is 0 Å². The maximum absolute atomic E-state index is 11.9. The lowest BCUT2D eigenvalue weighted by atomic mass is 10.0. The van der Waals surface area contributed by atoms with Crippen LogP contribution in [-0.4, -0.2) is 40.3 Å². The number of fused-ring (bicyclic) bond motifs is 3. The molecule has 6 nitrogen and oxygen atoms in total. The average molecular weight is 330 g/mol. The Morgan fingerprint density at radius 2 is 2.12 bits per heavy atom. The molecule has 3 rings (SSSR count). The van der Waals surface area contributed by atoms with Crippen LogP contribution in [0.2, 0.25) is 0 Å². The van der Waals surface area contributed by atoms with Crippen LogP contribution in [0.4, 0.5) is 4.79 Å². The number of nitrogens with zero attached hydrogens (tertiary/aromatic N) is 2. The quantitative estimate of drug-likeness (QED) is 0.934. The van der Waals surface area contributed by atoms with Gasteiger partial charge in [0, 0.05) is 41.7 Å². The lowest BCUT2D eigenvalue weighted by Gasteiger charge is -2.27. The van der Waals surface area contributed by atoms with Crippen molar-refractivity contribution in [2.45, 2.75) is 39.3 Å². The molecule has 1 aromatic carbocycles. The Balaban J connectivity index is 2.12. The molecule has 0 saturated carbocycles. The molecular weight excluding hydrogens is 308 g/mol. The number of aromatic carboxylic acids is 1. The number of unbranched alkanes of at least 4 members (excludes halogenated alkanes) is 1. The number of carbonyl (C=O) groups is 2. The fourth-order valence-corrected chi connectivity index (χ4v) is 3.44. The largest absolute Gasteiger partial charge is 0.478 e. The summed E-state index contributed by atoms with van der Waals surface area (Å²) in [6, 6.07) is 5.26. The van der Waals surface area contributed by atoms with Gasteiger partial charge >= 0.3 is 12.1 Å². The smallest absolute Gasteiger partial charge is 0.409 e. The Labute approximate surface area is 140 Å². The topological polar surface area (TPSA) is 71.8 Å². The van der Waals surface area contributed by atoms with E-state index in [1.54, 1.807) is 17.0 Å². The number of carbonyl (C=O) groups excluding carboxylic acids is 1. The van der Waals surface area contributed by atoms with E-state index in [0.717, 1.165) is 42.3 Å². The molecule has 1 aliphatic rings. The number of carboxylic acid groups (broad SMARTS) is 1. The van der Waals surface area contributed by atoms with Crippen molar-refractivity contribution in [3.63, 3.8) is 0 Å². The molecule has 1 N–H and O–H groups in total. The maximum atomic E-state index is 11.9. The molecule has 0 saturated heterocycles. The molecule has 0 unspecified atom stereocenters. The molecule has 0 atom stereocenters. The number of methoxy groups -OCH3 is 1. The zero-order valence-corrected chi connectivity index (χ0v) is 14.0. The molecule has 128 valence electrons. The lowest BCUT2D eigenvalue weighted by Crippen LogP contribution is -2.36. The minimum absolute atomic E-state index is 0.271. The van der Waals surface area contributed by atoms with Crippen LogP contribution >= 0.6 is 0 Å². The number of carboxylic acids is 1. The number of aromatic nitrogens is 1. The van der Waals surface area contributed by atoms with Gasteiger partial charge in [0.1, 0.15) is 0 Å². The third kappa shape index (κ3) is 2.72. The monoisotopic (exact) mass is 330 g/mol. The maximum Gasteiger partial charge on any atom is 0.409 e. The van der Waals surface area contributed by atoms with Gasteiger partial charge in [-0.15, -0.1) is 0 Å². The zero-order chi connectivity index (χ0) is 17.3. The Morgan fingerprint density at radius 1 is 1.33 bits per heavy atom. The van der Waals surface area contributed by atoms with Gasteiger partial charge in [-0.2, -0.15) is 0 Å². The number of ether oxygens (including phenoxy) is 1. The summed E-state index contributed by atoms with van der Waals surface area (Å²) in [7, 11) is 1.38. The van der Waals surface area contributed by atoms with E-state index in [1.807, 2.05) is 6.07 Å². The van der Waals surface area contributed by atoms with Crippen molar-refractivity contribution in [2.75, 3.05) is 13.7 Å². The van der Waals surface area contributed by atoms with Gasteiger partial charge in [0.2, 0.25) is 0 Å². The molecule has 6 heteroatoms. The number of benzene rings is 1. The molecule has 0 spiro atoms. The SMILES string of the molecule is CCCCn1c2c(c3cc(C(=O)O)ccc31)CN(C(=O)OC)CC2. The van der Waals surface area contributed by atoms with Crippen LogP contribution in [0.15, 0.2) is 18.2 Å². The average Bonchev–Trinajstić information content (AvgIpc) is 2.91. The summed E-state index contributed by atoms with van der Waals surface area (Å²) in [5.74, 6) is -0.937. The molecular formula is C18H22N2O4. The molecule has 1 aliphatic heterocycles. The Hall–Kier alpha value is -2.50. The zero-order valence-electron chi connectivity index (χ0n) is 14.0. The van der Waals surface area contributed by atoms with E-state index in [1.165, 1.54) is 12.8 Å². The predicted molar refractivity (Wildman–Crippen MR) is 90.3 cm³/mol. The van der Waals surface area contributed by atoms with Gasteiger partial charge in [0.25, 0.3) is 0 Å². The Bertz CT molecular complexity index is 794. The van der Waals surface area contributed by atoms with Crippen LogP contribution in [0.25, 0.3) is 10.9 Å². The highest BCUT2D eigenvalue weighted by atomic mass is 16.5. The highest BCUT2D eigenvalue weighted by Gasteiger charge is 2.27. The molecule has 1 amide bonds. The van der Waals surface area contributed by atoms with Crippen molar-refractivity contribution in [3.05, 3.63) is 35.0 Å². The van der Waals surface area contributed by atoms with Gasteiger partial charge in [0.15, 0.2) is 0 Å². The molecule has 1 aromatic heterocycles. The molecule has 2 heterocycles. The second kappa shape index (κ2) is 6.55. The van der Waals surface area contributed by atoms with Crippen molar-refractivity contribution < 1.29 is 19.4 Å². The van der Waals surface area contributed by atoms with Crippen LogP contribution in [0.5, 0.6) is 0 Å². The van der Waals surface area contributed by atoms with Crippen molar-refractivity contribution in [2.24, 2.45) is 0 Å². The fourth-order valence-electron chi connectivity index (χ4n) is 3.44. The lowest BCUT2D eigenvalue weighted by molar-refractivity contribution is 0.0697. The van der Waals surface area contributed by atoms with E-state index in [-0.39, 0.29) is 11.7 Å². The van der Waals surface area contributed by atoms with Crippen molar-refractivity contribution >= 4 is 23.0 Å². The Morgan fingerprint density at radius 3 is 2.79 bits per heavy atom. The third-order valence-electron chi connectivity index (χ3n) is 4.67. The summed E-state index contributed by atoms with van der Waals surface area (Å²) >= 11 is 0. The highest BCUT2D eigenvalue weighted by Crippen LogP contribution is 2.32. The number of hydrogen-bond acceptors (Lipinski definition) is 3. The first-order valence-electron chi connectivity index (χ1n) is 8.27. The minimum atomic E-state index is -0.937. The number of amides is 1. The first-order chi connectivity index (χ1) is 11.6. The summed E-state index contributed by atoms with van der Waals surface area (Å²) in [6.07, 6.45) is 2.57. The molecule has 2 aromatic rings.